The highest BCUT2D eigenvalue weighted by atomic mass is 16.3. The Morgan fingerprint density at radius 2 is 1.66 bits per heavy atom. The molecule has 1 N–H and O–H groups in total. The Morgan fingerprint density at radius 3 is 2.38 bits per heavy atom. The van der Waals surface area contributed by atoms with Gasteiger partial charge in [-0.1, -0.05) is 31.1 Å². The number of imidazole rings is 1. The molecule has 1 saturated heterocycles. The molecule has 3 rings (SSSR count). The van der Waals surface area contributed by atoms with Crippen LogP contribution in [0.2, 0.25) is 0 Å². The van der Waals surface area contributed by atoms with Gasteiger partial charge < -0.3 is 5.11 Å². The second-order valence-electron chi connectivity index (χ2n) is 7.35. The number of hydrogen-bond acceptors (Lipinski definition) is 4. The number of nitrogens with zero attached hydrogens (tertiary/aromatic N) is 3. The first-order chi connectivity index (χ1) is 14.0. The summed E-state index contributed by atoms with van der Waals surface area (Å²) in [4.78, 5) is 37.3. The minimum Gasteiger partial charge on any atom is -0.396 e. The number of piperidine rings is 1. The van der Waals surface area contributed by atoms with Crippen LogP contribution < -0.4 is 10.7 Å². The second kappa shape index (κ2) is 9.57. The predicted octanol–water partition coefficient (Wildman–Crippen LogP) is 2.20. The SMILES string of the molecule is Cn1c(=O)n(N2C(=O)CCCC2=O)c2ccc(C#CCCCCCCCO)cc21. The summed E-state index contributed by atoms with van der Waals surface area (Å²) in [5.74, 6) is 5.60. The molecule has 0 saturated carbocycles. The third-order valence-electron chi connectivity index (χ3n) is 5.18. The first kappa shape index (κ1) is 20.9. The minimum absolute atomic E-state index is 0.257. The number of aryl methyl sites for hydroxylation is 1. The normalized spacial score (nSPS) is 14.3. The van der Waals surface area contributed by atoms with Gasteiger partial charge in [-0.05, 0) is 37.5 Å². The van der Waals surface area contributed by atoms with Gasteiger partial charge in [-0.2, -0.15) is 9.69 Å². The smallest absolute Gasteiger partial charge is 0.348 e. The zero-order valence-corrected chi connectivity index (χ0v) is 16.8. The lowest BCUT2D eigenvalue weighted by Gasteiger charge is -2.24. The molecule has 0 atom stereocenters. The summed E-state index contributed by atoms with van der Waals surface area (Å²) in [5.41, 5.74) is 1.53. The summed E-state index contributed by atoms with van der Waals surface area (Å²) in [6.07, 6.45) is 6.99. The van der Waals surface area contributed by atoms with Gasteiger partial charge in [0.2, 0.25) is 11.8 Å². The standard InChI is InChI=1S/C22H27N3O4/c1-23-19-16-17(10-7-5-3-2-4-6-8-15-26)13-14-18(19)24(22(23)29)25-20(27)11-9-12-21(25)28/h13-14,16,26H,2-6,8-9,11-12,15H2,1H3. The molecule has 2 heterocycles. The van der Waals surface area contributed by atoms with Crippen molar-refractivity contribution in [1.82, 2.24) is 9.24 Å². The number of imide groups is 1. The summed E-state index contributed by atoms with van der Waals surface area (Å²) < 4.78 is 2.62. The molecule has 7 heteroatoms. The molecule has 0 radical (unpaired) electrons. The van der Waals surface area contributed by atoms with E-state index < -0.39 is 5.69 Å². The average molecular weight is 397 g/mol. The number of rotatable bonds is 7. The number of carbonyl (C=O) groups excluding carboxylic acids is 2. The number of carbonyl (C=O) groups is 2. The fourth-order valence-corrected chi connectivity index (χ4v) is 3.58. The summed E-state index contributed by atoms with van der Waals surface area (Å²) in [6.45, 7) is 0.257. The van der Waals surface area contributed by atoms with Crippen molar-refractivity contribution in [2.45, 2.75) is 57.8 Å². The summed E-state index contributed by atoms with van der Waals surface area (Å²) >= 11 is 0. The molecule has 0 bridgehead atoms. The van der Waals surface area contributed by atoms with E-state index in [-0.39, 0.29) is 31.3 Å². The van der Waals surface area contributed by atoms with E-state index in [4.69, 9.17) is 5.11 Å². The van der Waals surface area contributed by atoms with Crippen molar-refractivity contribution in [1.29, 1.82) is 0 Å². The molecule has 2 aromatic rings. The number of unbranched alkanes of at least 4 members (excludes halogenated alkanes) is 5. The fourth-order valence-electron chi connectivity index (χ4n) is 3.58. The van der Waals surface area contributed by atoms with Crippen LogP contribution in [0.4, 0.5) is 0 Å². The quantitative estimate of drug-likeness (QED) is 0.441. The van der Waals surface area contributed by atoms with Gasteiger partial charge in [0.1, 0.15) is 0 Å². The zero-order valence-electron chi connectivity index (χ0n) is 16.8. The predicted molar refractivity (Wildman–Crippen MR) is 111 cm³/mol. The number of aromatic nitrogens is 2. The Labute approximate surface area is 169 Å². The molecule has 1 aliphatic heterocycles. The monoisotopic (exact) mass is 397 g/mol. The third kappa shape index (κ3) is 4.60. The van der Waals surface area contributed by atoms with Crippen LogP contribution in [0.3, 0.4) is 0 Å². The van der Waals surface area contributed by atoms with Crippen molar-refractivity contribution < 1.29 is 14.7 Å². The maximum atomic E-state index is 12.7. The molecule has 1 aromatic heterocycles. The van der Waals surface area contributed by atoms with Crippen molar-refractivity contribution in [2.24, 2.45) is 7.05 Å². The number of hydrogen-bond donors (Lipinski definition) is 1. The van der Waals surface area contributed by atoms with Gasteiger partial charge >= 0.3 is 5.69 Å². The number of benzene rings is 1. The van der Waals surface area contributed by atoms with Crippen LogP contribution >= 0.6 is 0 Å². The molecule has 1 aromatic carbocycles. The Kier molecular flexibility index (Phi) is 6.89. The third-order valence-corrected chi connectivity index (χ3v) is 5.18. The first-order valence-electron chi connectivity index (χ1n) is 10.2. The van der Waals surface area contributed by atoms with Crippen LogP contribution in [0.5, 0.6) is 0 Å². The van der Waals surface area contributed by atoms with Gasteiger partial charge in [0, 0.05) is 38.5 Å². The van der Waals surface area contributed by atoms with Crippen LogP contribution in [0, 0.1) is 11.8 Å². The molecular formula is C22H27N3O4. The van der Waals surface area contributed by atoms with Crippen LogP contribution in [0.25, 0.3) is 11.0 Å². The van der Waals surface area contributed by atoms with Crippen LogP contribution in [-0.2, 0) is 16.6 Å². The lowest BCUT2D eigenvalue weighted by molar-refractivity contribution is -0.131. The van der Waals surface area contributed by atoms with E-state index >= 15 is 0 Å². The highest BCUT2D eigenvalue weighted by molar-refractivity contribution is 6.10. The minimum atomic E-state index is -0.420. The van der Waals surface area contributed by atoms with Gasteiger partial charge in [0.05, 0.1) is 11.0 Å². The first-order valence-corrected chi connectivity index (χ1v) is 10.2. The maximum Gasteiger partial charge on any atom is 0.348 e. The van der Waals surface area contributed by atoms with E-state index in [1.54, 1.807) is 13.1 Å². The fraction of sp³-hybridized carbons (Fsp3) is 0.500. The molecule has 29 heavy (non-hydrogen) atoms. The summed E-state index contributed by atoms with van der Waals surface area (Å²) in [6, 6.07) is 5.37. The van der Waals surface area contributed by atoms with Crippen LogP contribution in [0.1, 0.15) is 63.4 Å². The van der Waals surface area contributed by atoms with Gasteiger partial charge in [0.25, 0.3) is 0 Å². The number of amides is 2. The lowest BCUT2D eigenvalue weighted by atomic mass is 10.1. The van der Waals surface area contributed by atoms with Crippen molar-refractivity contribution in [3.8, 4) is 11.8 Å². The largest absolute Gasteiger partial charge is 0.396 e. The summed E-state index contributed by atoms with van der Waals surface area (Å²) in [7, 11) is 1.63. The van der Waals surface area contributed by atoms with E-state index in [0.717, 1.165) is 49.1 Å². The van der Waals surface area contributed by atoms with Gasteiger partial charge in [0.15, 0.2) is 0 Å². The average Bonchev–Trinajstić information content (AvgIpc) is 2.95. The molecule has 0 spiro atoms. The topological polar surface area (TPSA) is 84.5 Å². The van der Waals surface area contributed by atoms with E-state index in [1.807, 2.05) is 12.1 Å². The van der Waals surface area contributed by atoms with Gasteiger partial charge in [-0.25, -0.2) is 4.79 Å². The molecule has 0 unspecified atom stereocenters. The van der Waals surface area contributed by atoms with E-state index in [0.29, 0.717) is 17.5 Å². The molecular weight excluding hydrogens is 370 g/mol. The van der Waals surface area contributed by atoms with Crippen molar-refractivity contribution in [3.63, 3.8) is 0 Å². The molecule has 0 aliphatic carbocycles. The Morgan fingerprint density at radius 1 is 0.966 bits per heavy atom. The van der Waals surface area contributed by atoms with Gasteiger partial charge in [-0.3, -0.25) is 14.2 Å². The Balaban J connectivity index is 1.77. The summed E-state index contributed by atoms with van der Waals surface area (Å²) in [5, 5.41) is 9.75. The van der Waals surface area contributed by atoms with Crippen molar-refractivity contribution in [2.75, 3.05) is 11.6 Å². The number of aliphatic hydroxyl groups is 1. The van der Waals surface area contributed by atoms with Crippen molar-refractivity contribution in [3.05, 3.63) is 34.2 Å². The van der Waals surface area contributed by atoms with E-state index in [9.17, 15) is 14.4 Å². The highest BCUT2D eigenvalue weighted by Crippen LogP contribution is 2.18. The Bertz CT molecular complexity index is 1010. The van der Waals surface area contributed by atoms with Crippen molar-refractivity contribution >= 4 is 22.8 Å². The molecule has 154 valence electrons. The zero-order chi connectivity index (χ0) is 20.8. The molecule has 2 amide bonds. The number of fused-ring (bicyclic) bond motifs is 1. The van der Waals surface area contributed by atoms with Crippen LogP contribution in [0.15, 0.2) is 23.0 Å². The maximum absolute atomic E-state index is 12.7. The molecule has 1 fully saturated rings. The van der Waals surface area contributed by atoms with Gasteiger partial charge in [-0.15, -0.1) is 0 Å². The molecule has 1 aliphatic rings. The molecule has 7 nitrogen and oxygen atoms in total. The second-order valence-corrected chi connectivity index (χ2v) is 7.35. The van der Waals surface area contributed by atoms with Crippen LogP contribution in [-0.4, -0.2) is 32.8 Å². The Hall–Kier alpha value is -2.85. The van der Waals surface area contributed by atoms with E-state index in [2.05, 4.69) is 11.8 Å². The lowest BCUT2D eigenvalue weighted by Crippen LogP contribution is -2.52. The highest BCUT2D eigenvalue weighted by Gasteiger charge is 2.30. The van der Waals surface area contributed by atoms with E-state index in [1.165, 1.54) is 9.24 Å². The number of aliphatic hydroxyl groups excluding tert-OH is 1.